The lowest BCUT2D eigenvalue weighted by molar-refractivity contribution is 0.0252. The van der Waals surface area contributed by atoms with Gasteiger partial charge in [0.15, 0.2) is 0 Å². The van der Waals surface area contributed by atoms with E-state index in [1.165, 1.54) is 47.5 Å². The van der Waals surface area contributed by atoms with E-state index >= 15 is 0 Å². The third-order valence-electron chi connectivity index (χ3n) is 6.56. The summed E-state index contributed by atoms with van der Waals surface area (Å²) in [6, 6.07) is 27.1. The Hall–Kier alpha value is -2.52. The molecule has 192 valence electrons. The minimum Gasteiger partial charge on any atom is -0.459 e. The predicted molar refractivity (Wildman–Crippen MR) is 155 cm³/mol. The molecule has 0 aliphatic heterocycles. The zero-order valence-corrected chi connectivity index (χ0v) is 22.9. The van der Waals surface area contributed by atoms with Gasteiger partial charge in [0.25, 0.3) is 0 Å². The molecule has 0 bridgehead atoms. The largest absolute Gasteiger partial charge is 0.459 e. The molecule has 0 fully saturated rings. The molecular weight excluding hydrogens is 460 g/mol. The van der Waals surface area contributed by atoms with Crippen LogP contribution >= 0.6 is 11.8 Å². The average molecular weight is 503 g/mol. The number of hydrogen-bond donors (Lipinski definition) is 0. The van der Waals surface area contributed by atoms with Gasteiger partial charge in [0.05, 0.1) is 5.56 Å². The van der Waals surface area contributed by atoms with Gasteiger partial charge in [0, 0.05) is 4.90 Å². The molecule has 0 aliphatic carbocycles. The predicted octanol–water partition coefficient (Wildman–Crippen LogP) is 9.76. The highest BCUT2D eigenvalue weighted by Crippen LogP contribution is 2.26. The van der Waals surface area contributed by atoms with Crippen LogP contribution in [0.1, 0.15) is 87.6 Å². The van der Waals surface area contributed by atoms with E-state index in [4.69, 9.17) is 4.74 Å². The van der Waals surface area contributed by atoms with Crippen molar-refractivity contribution in [1.29, 1.82) is 0 Å². The Bertz CT molecular complexity index is 996. The second kappa shape index (κ2) is 16.3. The van der Waals surface area contributed by atoms with Crippen LogP contribution in [0.2, 0.25) is 0 Å². The summed E-state index contributed by atoms with van der Waals surface area (Å²) in [5.41, 5.74) is 4.26. The van der Waals surface area contributed by atoms with E-state index in [1.807, 2.05) is 42.1 Å². The summed E-state index contributed by atoms with van der Waals surface area (Å²) in [5.74, 6) is 0.971. The van der Waals surface area contributed by atoms with E-state index in [2.05, 4.69) is 62.4 Å². The quantitative estimate of drug-likeness (QED) is 0.111. The van der Waals surface area contributed by atoms with Crippen molar-refractivity contribution in [3.8, 4) is 11.1 Å². The highest BCUT2D eigenvalue weighted by atomic mass is 32.2. The van der Waals surface area contributed by atoms with Gasteiger partial charge in [-0.2, -0.15) is 0 Å². The first kappa shape index (κ1) is 28.1. The van der Waals surface area contributed by atoms with Crippen molar-refractivity contribution in [3.63, 3.8) is 0 Å². The molecule has 0 N–H and O–H groups in total. The number of aryl methyl sites for hydroxylation is 1. The number of hydrogen-bond acceptors (Lipinski definition) is 3. The minimum atomic E-state index is -0.211. The van der Waals surface area contributed by atoms with Crippen LogP contribution < -0.4 is 0 Å². The molecule has 3 heteroatoms. The normalized spacial score (nSPS) is 11.8. The van der Waals surface area contributed by atoms with Crippen LogP contribution in [0, 0.1) is 0 Å². The van der Waals surface area contributed by atoms with Crippen LogP contribution in [0.4, 0.5) is 0 Å². The van der Waals surface area contributed by atoms with Crippen molar-refractivity contribution in [1.82, 2.24) is 0 Å². The van der Waals surface area contributed by atoms with Crippen LogP contribution in [0.15, 0.2) is 83.8 Å². The highest BCUT2D eigenvalue weighted by Gasteiger charge is 2.16. The van der Waals surface area contributed by atoms with Gasteiger partial charge in [-0.25, -0.2) is 4.79 Å². The van der Waals surface area contributed by atoms with Gasteiger partial charge in [-0.15, -0.1) is 11.8 Å². The van der Waals surface area contributed by atoms with E-state index in [9.17, 15) is 4.79 Å². The smallest absolute Gasteiger partial charge is 0.338 e. The Morgan fingerprint density at radius 3 is 2.03 bits per heavy atom. The van der Waals surface area contributed by atoms with Crippen LogP contribution in [-0.4, -0.2) is 17.8 Å². The first-order chi connectivity index (χ1) is 17.7. The molecule has 3 rings (SSSR count). The Morgan fingerprint density at radius 2 is 1.36 bits per heavy atom. The van der Waals surface area contributed by atoms with Gasteiger partial charge in [0.1, 0.15) is 6.10 Å². The molecule has 0 heterocycles. The molecule has 0 amide bonds. The van der Waals surface area contributed by atoms with Crippen LogP contribution in [0.3, 0.4) is 0 Å². The van der Waals surface area contributed by atoms with Gasteiger partial charge in [-0.3, -0.25) is 0 Å². The monoisotopic (exact) mass is 502 g/mol. The maximum Gasteiger partial charge on any atom is 0.338 e. The van der Waals surface area contributed by atoms with Crippen LogP contribution in [0.25, 0.3) is 11.1 Å². The second-order valence-corrected chi connectivity index (χ2v) is 10.7. The van der Waals surface area contributed by atoms with E-state index < -0.39 is 0 Å². The topological polar surface area (TPSA) is 26.3 Å². The number of ether oxygens (including phenoxy) is 1. The maximum absolute atomic E-state index is 12.9. The first-order valence-electron chi connectivity index (χ1n) is 13.8. The van der Waals surface area contributed by atoms with E-state index in [-0.39, 0.29) is 12.1 Å². The van der Waals surface area contributed by atoms with Crippen molar-refractivity contribution in [3.05, 3.63) is 90.0 Å². The lowest BCUT2D eigenvalue weighted by Crippen LogP contribution is -2.18. The van der Waals surface area contributed by atoms with E-state index in [0.717, 1.165) is 44.1 Å². The average Bonchev–Trinajstić information content (AvgIpc) is 2.92. The molecule has 2 nitrogen and oxygen atoms in total. The zero-order chi connectivity index (χ0) is 25.4. The number of carbonyl (C=O) groups excluding carboxylic acids is 1. The van der Waals surface area contributed by atoms with Crippen LogP contribution in [0.5, 0.6) is 0 Å². The molecule has 0 radical (unpaired) electrons. The number of esters is 1. The summed E-state index contributed by atoms with van der Waals surface area (Å²) >= 11 is 1.94. The van der Waals surface area contributed by atoms with Crippen molar-refractivity contribution in [2.24, 2.45) is 0 Å². The molecule has 0 saturated heterocycles. The number of rotatable bonds is 16. The third kappa shape index (κ3) is 9.85. The summed E-state index contributed by atoms with van der Waals surface area (Å²) in [6.07, 6.45) is 11.3. The SMILES string of the molecule is CCCCCCSc1ccc(-c2ccc(C(=O)OC(CCCC)CCCc3ccccc3)cc2)cc1. The number of benzene rings is 3. The van der Waals surface area contributed by atoms with Crippen molar-refractivity contribution in [2.45, 2.75) is 89.1 Å². The molecule has 36 heavy (non-hydrogen) atoms. The summed E-state index contributed by atoms with van der Waals surface area (Å²) in [6.45, 7) is 4.43. The lowest BCUT2D eigenvalue weighted by Gasteiger charge is -2.18. The Kier molecular flexibility index (Phi) is 12.7. The maximum atomic E-state index is 12.9. The molecule has 1 unspecified atom stereocenters. The molecule has 1 atom stereocenters. The molecule has 0 aromatic heterocycles. The fourth-order valence-electron chi connectivity index (χ4n) is 4.35. The molecular formula is C33H42O2S. The lowest BCUT2D eigenvalue weighted by atomic mass is 10.0. The van der Waals surface area contributed by atoms with Crippen molar-refractivity contribution >= 4 is 17.7 Å². The minimum absolute atomic E-state index is 0.0205. The molecule has 0 saturated carbocycles. The van der Waals surface area contributed by atoms with E-state index in [1.54, 1.807) is 0 Å². The Labute approximate surface area is 222 Å². The van der Waals surface area contributed by atoms with Gasteiger partial charge in [0.2, 0.25) is 0 Å². The highest BCUT2D eigenvalue weighted by molar-refractivity contribution is 7.99. The van der Waals surface area contributed by atoms with E-state index in [0.29, 0.717) is 5.56 Å². The summed E-state index contributed by atoms with van der Waals surface area (Å²) in [7, 11) is 0. The van der Waals surface area contributed by atoms with Gasteiger partial charge in [-0.1, -0.05) is 101 Å². The standard InChI is InChI=1S/C33H42O2S/c1-3-5-7-11-26-36-32-24-22-29(23-25-32)28-18-20-30(21-19-28)33(34)35-31(16-6-4-2)17-12-15-27-13-9-8-10-14-27/h8-10,13-14,18-25,31H,3-7,11-12,15-17,26H2,1-2H3. The summed E-state index contributed by atoms with van der Waals surface area (Å²) in [4.78, 5) is 14.2. The zero-order valence-electron chi connectivity index (χ0n) is 22.1. The number of carbonyl (C=O) groups is 1. The van der Waals surface area contributed by atoms with Gasteiger partial charge in [-0.05, 0) is 78.8 Å². The number of unbranched alkanes of at least 4 members (excludes halogenated alkanes) is 4. The van der Waals surface area contributed by atoms with Gasteiger partial charge >= 0.3 is 5.97 Å². The molecule has 0 spiro atoms. The molecule has 3 aromatic carbocycles. The third-order valence-corrected chi connectivity index (χ3v) is 7.66. The second-order valence-electron chi connectivity index (χ2n) is 9.56. The van der Waals surface area contributed by atoms with Crippen molar-refractivity contribution in [2.75, 3.05) is 5.75 Å². The first-order valence-corrected chi connectivity index (χ1v) is 14.8. The summed E-state index contributed by atoms with van der Waals surface area (Å²) in [5, 5.41) is 0. The fourth-order valence-corrected chi connectivity index (χ4v) is 5.27. The molecule has 0 aliphatic rings. The van der Waals surface area contributed by atoms with Crippen molar-refractivity contribution < 1.29 is 9.53 Å². The summed E-state index contributed by atoms with van der Waals surface area (Å²) < 4.78 is 5.96. The number of thioether (sulfide) groups is 1. The molecule has 3 aromatic rings. The Balaban J connectivity index is 1.51. The van der Waals surface area contributed by atoms with Crippen LogP contribution in [-0.2, 0) is 11.2 Å². The fraction of sp³-hybridized carbons (Fsp3) is 0.424. The van der Waals surface area contributed by atoms with Gasteiger partial charge < -0.3 is 4.74 Å². The Morgan fingerprint density at radius 1 is 0.722 bits per heavy atom.